The molecule has 0 radical (unpaired) electrons. The van der Waals surface area contributed by atoms with Gasteiger partial charge in [0.15, 0.2) is 0 Å². The van der Waals surface area contributed by atoms with E-state index in [0.717, 1.165) is 11.3 Å². The third-order valence-electron chi connectivity index (χ3n) is 3.42. The Balaban J connectivity index is 1.86. The predicted octanol–water partition coefficient (Wildman–Crippen LogP) is 2.21. The predicted molar refractivity (Wildman–Crippen MR) is 91.1 cm³/mol. The first-order chi connectivity index (χ1) is 11.6. The number of esters is 1. The summed E-state index contributed by atoms with van der Waals surface area (Å²) in [7, 11) is 2.93. The van der Waals surface area contributed by atoms with Crippen LogP contribution < -0.4 is 15.4 Å². The largest absolute Gasteiger partial charge is 0.497 e. The molecular formula is C18H20N2O4. The second kappa shape index (κ2) is 8.57. The third kappa shape index (κ3) is 4.74. The average molecular weight is 328 g/mol. The van der Waals surface area contributed by atoms with Crippen LogP contribution in [0, 0.1) is 0 Å². The number of hydrogen-bond acceptors (Lipinski definition) is 5. The zero-order chi connectivity index (χ0) is 17.4. The average Bonchev–Trinajstić information content (AvgIpc) is 2.64. The highest BCUT2D eigenvalue weighted by atomic mass is 16.5. The van der Waals surface area contributed by atoms with Crippen molar-refractivity contribution in [3.8, 4) is 5.75 Å². The maximum atomic E-state index is 11.9. The minimum atomic E-state index is -0.447. The first-order valence-corrected chi connectivity index (χ1v) is 7.45. The van der Waals surface area contributed by atoms with E-state index in [1.165, 1.54) is 7.11 Å². The normalized spacial score (nSPS) is 9.92. The van der Waals surface area contributed by atoms with Gasteiger partial charge in [-0.25, -0.2) is 4.79 Å². The second-order valence-corrected chi connectivity index (χ2v) is 5.02. The Labute approximate surface area is 140 Å². The summed E-state index contributed by atoms with van der Waals surface area (Å²) in [5.74, 6) is 0.147. The van der Waals surface area contributed by atoms with Gasteiger partial charge in [0.25, 0.3) is 0 Å². The van der Waals surface area contributed by atoms with Crippen LogP contribution in [-0.2, 0) is 16.1 Å². The van der Waals surface area contributed by atoms with Crippen molar-refractivity contribution in [1.29, 1.82) is 0 Å². The Morgan fingerprint density at radius 1 is 1.00 bits per heavy atom. The molecule has 6 heteroatoms. The molecule has 2 N–H and O–H groups in total. The molecule has 24 heavy (non-hydrogen) atoms. The van der Waals surface area contributed by atoms with Crippen LogP contribution in [0.4, 0.5) is 5.69 Å². The molecule has 2 rings (SSSR count). The number of carbonyl (C=O) groups is 2. The summed E-state index contributed by atoms with van der Waals surface area (Å²) >= 11 is 0. The number of amides is 1. The number of para-hydroxylation sites is 1. The number of hydrogen-bond donors (Lipinski definition) is 2. The molecule has 0 aromatic heterocycles. The van der Waals surface area contributed by atoms with Crippen LogP contribution in [0.3, 0.4) is 0 Å². The smallest absolute Gasteiger partial charge is 0.339 e. The quantitative estimate of drug-likeness (QED) is 0.762. The molecule has 2 aromatic carbocycles. The first-order valence-electron chi connectivity index (χ1n) is 7.45. The van der Waals surface area contributed by atoms with E-state index in [2.05, 4.69) is 10.6 Å². The van der Waals surface area contributed by atoms with E-state index < -0.39 is 5.97 Å². The Hall–Kier alpha value is -3.02. The standard InChI is InChI=1S/C18H20N2O4/c1-23-14-9-7-13(8-10-14)11-20-17(21)12-19-16-6-4-3-5-15(16)18(22)24-2/h3-10,19H,11-12H2,1-2H3,(H,20,21). The van der Waals surface area contributed by atoms with Crippen molar-refractivity contribution in [1.82, 2.24) is 5.32 Å². The summed E-state index contributed by atoms with van der Waals surface area (Å²) in [5, 5.41) is 5.76. The Morgan fingerprint density at radius 3 is 2.38 bits per heavy atom. The molecule has 1 amide bonds. The van der Waals surface area contributed by atoms with Crippen molar-refractivity contribution >= 4 is 17.6 Å². The molecule has 0 aliphatic heterocycles. The van der Waals surface area contributed by atoms with Gasteiger partial charge in [0.2, 0.25) is 5.91 Å². The number of ether oxygens (including phenoxy) is 2. The second-order valence-electron chi connectivity index (χ2n) is 5.02. The number of nitrogens with one attached hydrogen (secondary N) is 2. The molecule has 0 saturated heterocycles. The molecule has 0 atom stereocenters. The topological polar surface area (TPSA) is 76.7 Å². The monoisotopic (exact) mass is 328 g/mol. The van der Waals surface area contributed by atoms with E-state index in [1.807, 2.05) is 24.3 Å². The molecule has 0 bridgehead atoms. The fourth-order valence-corrected chi connectivity index (χ4v) is 2.11. The first kappa shape index (κ1) is 17.3. The molecule has 126 valence electrons. The van der Waals surface area contributed by atoms with Crippen LogP contribution in [0.2, 0.25) is 0 Å². The van der Waals surface area contributed by atoms with Gasteiger partial charge in [-0.05, 0) is 29.8 Å². The molecule has 2 aromatic rings. The number of rotatable bonds is 7. The van der Waals surface area contributed by atoms with Crippen molar-refractivity contribution in [3.63, 3.8) is 0 Å². The molecule has 6 nitrogen and oxygen atoms in total. The summed E-state index contributed by atoms with van der Waals surface area (Å²) in [6.45, 7) is 0.479. The van der Waals surface area contributed by atoms with Gasteiger partial charge in [-0.1, -0.05) is 24.3 Å². The fourth-order valence-electron chi connectivity index (χ4n) is 2.11. The van der Waals surface area contributed by atoms with Gasteiger partial charge in [-0.2, -0.15) is 0 Å². The molecule has 0 aliphatic carbocycles. The molecule has 0 fully saturated rings. The fraction of sp³-hybridized carbons (Fsp3) is 0.222. The lowest BCUT2D eigenvalue weighted by molar-refractivity contribution is -0.119. The lowest BCUT2D eigenvalue weighted by Gasteiger charge is -2.11. The summed E-state index contributed by atoms with van der Waals surface area (Å²) in [6.07, 6.45) is 0. The van der Waals surface area contributed by atoms with E-state index in [-0.39, 0.29) is 12.5 Å². The van der Waals surface area contributed by atoms with Crippen molar-refractivity contribution < 1.29 is 19.1 Å². The van der Waals surface area contributed by atoms with Crippen LogP contribution in [0.15, 0.2) is 48.5 Å². The van der Waals surface area contributed by atoms with Crippen LogP contribution in [0.1, 0.15) is 15.9 Å². The maximum Gasteiger partial charge on any atom is 0.339 e. The number of carbonyl (C=O) groups excluding carboxylic acids is 2. The summed E-state index contributed by atoms with van der Waals surface area (Å²) in [4.78, 5) is 23.6. The van der Waals surface area contributed by atoms with Crippen molar-refractivity contribution in [3.05, 3.63) is 59.7 Å². The van der Waals surface area contributed by atoms with Gasteiger partial charge in [0.1, 0.15) is 5.75 Å². The van der Waals surface area contributed by atoms with Crippen molar-refractivity contribution in [2.75, 3.05) is 26.1 Å². The summed E-state index contributed by atoms with van der Waals surface area (Å²) < 4.78 is 9.81. The number of anilines is 1. The lowest BCUT2D eigenvalue weighted by atomic mass is 10.2. The van der Waals surface area contributed by atoms with Crippen LogP contribution >= 0.6 is 0 Å². The van der Waals surface area contributed by atoms with E-state index in [4.69, 9.17) is 9.47 Å². The van der Waals surface area contributed by atoms with Crippen LogP contribution in [0.5, 0.6) is 5.75 Å². The van der Waals surface area contributed by atoms with Crippen LogP contribution in [-0.4, -0.2) is 32.6 Å². The van der Waals surface area contributed by atoms with Gasteiger partial charge in [-0.3, -0.25) is 4.79 Å². The zero-order valence-electron chi connectivity index (χ0n) is 13.7. The highest BCUT2D eigenvalue weighted by Crippen LogP contribution is 2.15. The van der Waals surface area contributed by atoms with Gasteiger partial charge >= 0.3 is 5.97 Å². The Morgan fingerprint density at radius 2 is 1.71 bits per heavy atom. The lowest BCUT2D eigenvalue weighted by Crippen LogP contribution is -2.29. The highest BCUT2D eigenvalue weighted by molar-refractivity contribution is 5.96. The molecule has 0 saturated carbocycles. The van der Waals surface area contributed by atoms with E-state index in [1.54, 1.807) is 31.4 Å². The van der Waals surface area contributed by atoms with Gasteiger partial charge in [0.05, 0.1) is 26.3 Å². The van der Waals surface area contributed by atoms with E-state index in [0.29, 0.717) is 17.8 Å². The van der Waals surface area contributed by atoms with Crippen LogP contribution in [0.25, 0.3) is 0 Å². The molecule has 0 spiro atoms. The molecule has 0 unspecified atom stereocenters. The maximum absolute atomic E-state index is 11.9. The van der Waals surface area contributed by atoms with E-state index >= 15 is 0 Å². The van der Waals surface area contributed by atoms with Crippen molar-refractivity contribution in [2.45, 2.75) is 6.54 Å². The minimum absolute atomic E-state index is 0.0597. The van der Waals surface area contributed by atoms with Gasteiger partial charge < -0.3 is 20.1 Å². The Kier molecular flexibility index (Phi) is 6.19. The highest BCUT2D eigenvalue weighted by Gasteiger charge is 2.11. The third-order valence-corrected chi connectivity index (χ3v) is 3.42. The van der Waals surface area contributed by atoms with Gasteiger partial charge in [-0.15, -0.1) is 0 Å². The number of methoxy groups -OCH3 is 2. The Bertz CT molecular complexity index is 698. The minimum Gasteiger partial charge on any atom is -0.497 e. The number of benzene rings is 2. The molecule has 0 heterocycles. The van der Waals surface area contributed by atoms with Crippen molar-refractivity contribution in [2.24, 2.45) is 0 Å². The summed E-state index contributed by atoms with van der Waals surface area (Å²) in [6, 6.07) is 14.3. The zero-order valence-corrected chi connectivity index (χ0v) is 13.7. The SMILES string of the molecule is COC(=O)c1ccccc1NCC(=O)NCc1ccc(OC)cc1. The summed E-state index contributed by atoms with van der Waals surface area (Å²) in [5.41, 5.74) is 1.92. The molecule has 0 aliphatic rings. The molecular weight excluding hydrogens is 308 g/mol. The van der Waals surface area contributed by atoms with E-state index in [9.17, 15) is 9.59 Å². The van der Waals surface area contributed by atoms with Gasteiger partial charge in [0, 0.05) is 12.2 Å².